The fourth-order valence-corrected chi connectivity index (χ4v) is 3.83. The van der Waals surface area contributed by atoms with Gasteiger partial charge in [0, 0.05) is 5.02 Å². The molecule has 0 aromatic heterocycles. The zero-order valence-corrected chi connectivity index (χ0v) is 16.4. The Morgan fingerprint density at radius 3 is 2.62 bits per heavy atom. The van der Waals surface area contributed by atoms with E-state index < -0.39 is 0 Å². The summed E-state index contributed by atoms with van der Waals surface area (Å²) in [6.45, 7) is 1.99. The molecule has 1 aliphatic rings. The van der Waals surface area contributed by atoms with E-state index in [9.17, 15) is 4.79 Å². The van der Waals surface area contributed by atoms with Gasteiger partial charge in [-0.3, -0.25) is 4.79 Å². The number of hydrogen-bond acceptors (Lipinski definition) is 2. The zero-order chi connectivity index (χ0) is 18.5. The van der Waals surface area contributed by atoms with Gasteiger partial charge >= 0.3 is 0 Å². The van der Waals surface area contributed by atoms with E-state index in [-0.39, 0.29) is 18.6 Å². The number of benzene rings is 2. The predicted molar refractivity (Wildman–Crippen MR) is 106 cm³/mol. The van der Waals surface area contributed by atoms with Crippen LogP contribution in [0.15, 0.2) is 36.4 Å². The molecule has 0 aliphatic heterocycles. The summed E-state index contributed by atoms with van der Waals surface area (Å²) in [5, 5.41) is 3.99. The van der Waals surface area contributed by atoms with E-state index in [0.29, 0.717) is 15.8 Å². The van der Waals surface area contributed by atoms with Gasteiger partial charge in [0.15, 0.2) is 6.61 Å². The molecule has 26 heavy (non-hydrogen) atoms. The maximum absolute atomic E-state index is 12.3. The lowest BCUT2D eigenvalue weighted by atomic mass is 9.89. The molecule has 0 radical (unpaired) electrons. The second kappa shape index (κ2) is 8.79. The maximum Gasteiger partial charge on any atom is 0.258 e. The number of ether oxygens (including phenoxy) is 1. The third kappa shape index (κ3) is 4.72. The Kier molecular flexibility index (Phi) is 6.44. The van der Waals surface area contributed by atoms with Crippen molar-refractivity contribution in [2.45, 2.75) is 45.1 Å². The van der Waals surface area contributed by atoms with Crippen molar-refractivity contribution >= 4 is 29.1 Å². The Labute approximate surface area is 164 Å². The van der Waals surface area contributed by atoms with Crippen LogP contribution >= 0.6 is 23.2 Å². The third-order valence-corrected chi connectivity index (χ3v) is 5.30. The lowest BCUT2D eigenvalue weighted by molar-refractivity contribution is -0.123. The number of nitrogens with one attached hydrogen (secondary N) is 1. The summed E-state index contributed by atoms with van der Waals surface area (Å²) in [5.41, 5.74) is 4.03. The number of carbonyl (C=O) groups excluding carboxylic acids is 1. The van der Waals surface area contributed by atoms with Crippen LogP contribution in [0.25, 0.3) is 0 Å². The third-order valence-electron chi connectivity index (χ3n) is 4.77. The van der Waals surface area contributed by atoms with Gasteiger partial charge in [0.25, 0.3) is 5.91 Å². The smallest absolute Gasteiger partial charge is 0.258 e. The zero-order valence-electron chi connectivity index (χ0n) is 14.9. The van der Waals surface area contributed by atoms with Crippen molar-refractivity contribution in [1.82, 2.24) is 5.32 Å². The fraction of sp³-hybridized carbons (Fsp3) is 0.381. The molecule has 5 heteroatoms. The second-order valence-corrected chi connectivity index (χ2v) is 7.47. The van der Waals surface area contributed by atoms with Crippen molar-refractivity contribution in [3.8, 4) is 5.75 Å². The molecular weight excluding hydrogens is 369 g/mol. The number of carbonyl (C=O) groups is 1. The first kappa shape index (κ1) is 19.1. The average Bonchev–Trinajstić information content (AvgIpc) is 2.65. The molecule has 0 saturated carbocycles. The van der Waals surface area contributed by atoms with Crippen LogP contribution in [0, 0.1) is 0 Å². The average molecular weight is 392 g/mol. The molecule has 2 aromatic carbocycles. The van der Waals surface area contributed by atoms with E-state index >= 15 is 0 Å². The van der Waals surface area contributed by atoms with Crippen LogP contribution in [-0.4, -0.2) is 12.5 Å². The Morgan fingerprint density at radius 1 is 1.12 bits per heavy atom. The highest BCUT2D eigenvalue weighted by Crippen LogP contribution is 2.28. The Balaban J connectivity index is 1.61. The summed E-state index contributed by atoms with van der Waals surface area (Å²) in [7, 11) is 0. The van der Waals surface area contributed by atoms with E-state index in [0.717, 1.165) is 24.8 Å². The Bertz CT molecular complexity index is 792. The molecule has 0 bridgehead atoms. The van der Waals surface area contributed by atoms with Gasteiger partial charge in [-0.1, -0.05) is 48.3 Å². The molecule has 1 N–H and O–H groups in total. The molecule has 1 amide bonds. The molecule has 0 fully saturated rings. The van der Waals surface area contributed by atoms with Crippen molar-refractivity contribution in [2.75, 3.05) is 6.61 Å². The van der Waals surface area contributed by atoms with Crippen LogP contribution in [-0.2, 0) is 17.6 Å². The molecule has 138 valence electrons. The fourth-order valence-electron chi connectivity index (χ4n) is 3.36. The van der Waals surface area contributed by atoms with Crippen LogP contribution in [0.5, 0.6) is 5.75 Å². The van der Waals surface area contributed by atoms with Crippen molar-refractivity contribution in [1.29, 1.82) is 0 Å². The molecule has 1 atom stereocenters. The maximum atomic E-state index is 12.3. The summed E-state index contributed by atoms with van der Waals surface area (Å²) in [6, 6.07) is 11.5. The van der Waals surface area contributed by atoms with Gasteiger partial charge in [-0.05, 0) is 67.0 Å². The standard InChI is InChI=1S/C21H23Cl2NO2/c1-2-19(16-8-7-14-5-3-4-6-15(14)11-16)24-21(25)13-26-20-10-9-17(22)12-18(20)23/h7-12,19H,2-6,13H2,1H3,(H,24,25)/t19-/m0/s1. The highest BCUT2D eigenvalue weighted by molar-refractivity contribution is 6.35. The van der Waals surface area contributed by atoms with E-state index in [1.165, 1.54) is 24.0 Å². The van der Waals surface area contributed by atoms with Crippen LogP contribution in [0.2, 0.25) is 10.0 Å². The number of amides is 1. The van der Waals surface area contributed by atoms with Crippen molar-refractivity contribution in [3.05, 3.63) is 63.1 Å². The summed E-state index contributed by atoms with van der Waals surface area (Å²) >= 11 is 11.9. The number of hydrogen-bond donors (Lipinski definition) is 1. The Morgan fingerprint density at radius 2 is 1.88 bits per heavy atom. The van der Waals surface area contributed by atoms with Crippen LogP contribution in [0.4, 0.5) is 0 Å². The quantitative estimate of drug-likeness (QED) is 0.703. The SMILES string of the molecule is CC[C@H](NC(=O)COc1ccc(Cl)cc1Cl)c1ccc2c(c1)CCCC2. The molecular formula is C21H23Cl2NO2. The molecule has 0 heterocycles. The van der Waals surface area contributed by atoms with Crippen molar-refractivity contribution < 1.29 is 9.53 Å². The highest BCUT2D eigenvalue weighted by atomic mass is 35.5. The van der Waals surface area contributed by atoms with Crippen molar-refractivity contribution in [3.63, 3.8) is 0 Å². The Hall–Kier alpha value is -1.71. The summed E-state index contributed by atoms with van der Waals surface area (Å²) in [6.07, 6.45) is 5.63. The number of halogens is 2. The van der Waals surface area contributed by atoms with Gasteiger partial charge in [0.05, 0.1) is 11.1 Å². The van der Waals surface area contributed by atoms with Crippen LogP contribution < -0.4 is 10.1 Å². The van der Waals surface area contributed by atoms with Crippen LogP contribution in [0.3, 0.4) is 0 Å². The highest BCUT2D eigenvalue weighted by Gasteiger charge is 2.16. The molecule has 2 aromatic rings. The van der Waals surface area contributed by atoms with Gasteiger partial charge in [-0.15, -0.1) is 0 Å². The lowest BCUT2D eigenvalue weighted by Crippen LogP contribution is -2.32. The normalized spacial score (nSPS) is 14.4. The monoisotopic (exact) mass is 391 g/mol. The summed E-state index contributed by atoms with van der Waals surface area (Å²) < 4.78 is 5.52. The van der Waals surface area contributed by atoms with E-state index in [4.69, 9.17) is 27.9 Å². The van der Waals surface area contributed by atoms with Gasteiger partial charge in [0.2, 0.25) is 0 Å². The van der Waals surface area contributed by atoms with Gasteiger partial charge < -0.3 is 10.1 Å². The first-order chi connectivity index (χ1) is 12.6. The van der Waals surface area contributed by atoms with Gasteiger partial charge in [-0.2, -0.15) is 0 Å². The van der Waals surface area contributed by atoms with E-state index in [1.807, 2.05) is 0 Å². The largest absolute Gasteiger partial charge is 0.482 e. The minimum absolute atomic E-state index is 0.0148. The predicted octanol–water partition coefficient (Wildman–Crippen LogP) is 5.52. The molecule has 0 spiro atoms. The topological polar surface area (TPSA) is 38.3 Å². The number of aryl methyl sites for hydroxylation is 2. The molecule has 0 unspecified atom stereocenters. The first-order valence-corrected chi connectivity index (χ1v) is 9.81. The van der Waals surface area contributed by atoms with E-state index in [2.05, 4.69) is 30.4 Å². The van der Waals surface area contributed by atoms with Gasteiger partial charge in [-0.25, -0.2) is 0 Å². The lowest BCUT2D eigenvalue weighted by Gasteiger charge is -2.22. The molecule has 1 aliphatic carbocycles. The minimum atomic E-state index is -0.166. The number of fused-ring (bicyclic) bond motifs is 1. The molecule has 3 rings (SSSR count). The molecule has 3 nitrogen and oxygen atoms in total. The van der Waals surface area contributed by atoms with Crippen molar-refractivity contribution in [2.24, 2.45) is 0 Å². The van der Waals surface area contributed by atoms with Crippen LogP contribution in [0.1, 0.15) is 48.9 Å². The minimum Gasteiger partial charge on any atom is -0.482 e. The second-order valence-electron chi connectivity index (χ2n) is 6.63. The molecule has 0 saturated heterocycles. The van der Waals surface area contributed by atoms with Gasteiger partial charge in [0.1, 0.15) is 5.75 Å². The summed E-state index contributed by atoms with van der Waals surface area (Å²) in [4.78, 5) is 12.3. The van der Waals surface area contributed by atoms with E-state index in [1.54, 1.807) is 18.2 Å². The number of rotatable bonds is 6. The first-order valence-electron chi connectivity index (χ1n) is 9.05. The summed E-state index contributed by atoms with van der Waals surface area (Å²) in [5.74, 6) is 0.286.